The third kappa shape index (κ3) is 4.88. The predicted molar refractivity (Wildman–Crippen MR) is 102 cm³/mol. The van der Waals surface area contributed by atoms with Gasteiger partial charge in [-0.15, -0.1) is 0 Å². The number of hydrogen-bond donors (Lipinski definition) is 1. The van der Waals surface area contributed by atoms with Crippen molar-refractivity contribution in [2.45, 2.75) is 45.6 Å². The first kappa shape index (κ1) is 19.0. The fourth-order valence-electron chi connectivity index (χ4n) is 2.85. The van der Waals surface area contributed by atoms with E-state index in [-0.39, 0.29) is 17.2 Å². The van der Waals surface area contributed by atoms with Gasteiger partial charge in [0.15, 0.2) is 5.82 Å². The van der Waals surface area contributed by atoms with Gasteiger partial charge in [-0.3, -0.25) is 9.69 Å². The number of nitrogens with zero attached hydrogens (tertiary/aromatic N) is 4. The smallest absolute Gasteiger partial charge is 0.240 e. The molecule has 26 heavy (non-hydrogen) atoms. The van der Waals surface area contributed by atoms with Crippen LogP contribution in [0.5, 0.6) is 0 Å². The summed E-state index contributed by atoms with van der Waals surface area (Å²) in [4.78, 5) is 23.3. The normalized spacial score (nSPS) is 16.6. The van der Waals surface area contributed by atoms with Crippen LogP contribution in [0.1, 0.15) is 45.3 Å². The largest absolute Gasteiger partial charge is 0.338 e. The van der Waals surface area contributed by atoms with E-state index in [0.29, 0.717) is 18.3 Å². The Labute approximate surface area is 161 Å². The summed E-state index contributed by atoms with van der Waals surface area (Å²) in [6, 6.07) is 3.65. The molecule has 2 aromatic rings. The molecule has 140 valence electrons. The predicted octanol–water partition coefficient (Wildman–Crippen LogP) is 3.38. The molecule has 0 spiro atoms. The van der Waals surface area contributed by atoms with Crippen LogP contribution < -0.4 is 5.32 Å². The third-order valence-corrected chi connectivity index (χ3v) is 4.90. The second-order valence-corrected chi connectivity index (χ2v) is 8.58. The van der Waals surface area contributed by atoms with Crippen molar-refractivity contribution in [1.82, 2.24) is 20.0 Å². The number of pyridine rings is 1. The molecule has 0 radical (unpaired) electrons. The molecule has 0 unspecified atom stereocenters. The van der Waals surface area contributed by atoms with E-state index in [9.17, 15) is 4.79 Å². The molecule has 7 nitrogen and oxygen atoms in total. The second kappa shape index (κ2) is 7.84. The highest BCUT2D eigenvalue weighted by atomic mass is 79.9. The molecule has 1 saturated heterocycles. The number of anilines is 1. The summed E-state index contributed by atoms with van der Waals surface area (Å²) in [7, 11) is 0. The first-order valence-electron chi connectivity index (χ1n) is 8.79. The Hall–Kier alpha value is -1.80. The monoisotopic (exact) mass is 421 g/mol. The Morgan fingerprint density at radius 2 is 2.08 bits per heavy atom. The summed E-state index contributed by atoms with van der Waals surface area (Å²) in [5.41, 5.74) is -0.117. The van der Waals surface area contributed by atoms with Gasteiger partial charge in [-0.2, -0.15) is 4.98 Å². The Balaban J connectivity index is 1.48. The first-order valence-corrected chi connectivity index (χ1v) is 9.58. The Morgan fingerprint density at radius 3 is 2.65 bits per heavy atom. The van der Waals surface area contributed by atoms with E-state index in [1.807, 2.05) is 6.07 Å². The Kier molecular flexibility index (Phi) is 5.72. The number of rotatable bonds is 4. The lowest BCUT2D eigenvalue weighted by atomic mass is 9.96. The Morgan fingerprint density at radius 1 is 1.35 bits per heavy atom. The van der Waals surface area contributed by atoms with Crippen molar-refractivity contribution in [2.24, 2.45) is 5.92 Å². The molecule has 0 aromatic carbocycles. The number of aromatic nitrogens is 3. The number of carbonyl (C=O) groups excluding carboxylic acids is 1. The number of hydrogen-bond acceptors (Lipinski definition) is 6. The molecule has 1 aliphatic heterocycles. The van der Waals surface area contributed by atoms with Crippen molar-refractivity contribution in [3.63, 3.8) is 0 Å². The topological polar surface area (TPSA) is 84.2 Å². The van der Waals surface area contributed by atoms with Crippen LogP contribution in [0, 0.1) is 5.92 Å². The van der Waals surface area contributed by atoms with E-state index in [1.165, 1.54) is 0 Å². The summed E-state index contributed by atoms with van der Waals surface area (Å²) in [5.74, 6) is 1.98. The molecule has 1 amide bonds. The number of nitrogens with one attached hydrogen (secondary N) is 1. The van der Waals surface area contributed by atoms with Crippen LogP contribution in [-0.2, 0) is 16.8 Å². The summed E-state index contributed by atoms with van der Waals surface area (Å²) >= 11 is 3.34. The zero-order chi connectivity index (χ0) is 18.7. The summed E-state index contributed by atoms with van der Waals surface area (Å²) in [6.45, 7) is 8.48. The fourth-order valence-corrected chi connectivity index (χ4v) is 3.08. The van der Waals surface area contributed by atoms with E-state index >= 15 is 0 Å². The third-order valence-electron chi connectivity index (χ3n) is 4.43. The zero-order valence-corrected chi connectivity index (χ0v) is 16.9. The average molecular weight is 422 g/mol. The molecule has 1 aliphatic rings. The first-order chi connectivity index (χ1) is 12.3. The van der Waals surface area contributed by atoms with Gasteiger partial charge in [0.2, 0.25) is 11.8 Å². The van der Waals surface area contributed by atoms with Crippen molar-refractivity contribution in [3.05, 3.63) is 34.5 Å². The standard InChI is InChI=1S/C18H24BrN5O2/c1-18(2,3)17-22-15(26-23-17)11-24-8-6-12(7-9-24)16(25)21-14-5-4-13(19)10-20-14/h4-5,10,12H,6-9,11H2,1-3H3,(H,20,21,25). The van der Waals surface area contributed by atoms with Crippen molar-refractivity contribution in [3.8, 4) is 0 Å². The van der Waals surface area contributed by atoms with Gasteiger partial charge in [-0.05, 0) is 54.0 Å². The highest BCUT2D eigenvalue weighted by molar-refractivity contribution is 9.10. The lowest BCUT2D eigenvalue weighted by Crippen LogP contribution is -2.38. The van der Waals surface area contributed by atoms with Gasteiger partial charge >= 0.3 is 0 Å². The lowest BCUT2D eigenvalue weighted by Gasteiger charge is -2.30. The molecule has 0 atom stereocenters. The molecule has 8 heteroatoms. The van der Waals surface area contributed by atoms with Crippen molar-refractivity contribution < 1.29 is 9.32 Å². The minimum atomic E-state index is -0.117. The summed E-state index contributed by atoms with van der Waals surface area (Å²) in [6.07, 6.45) is 3.29. The summed E-state index contributed by atoms with van der Waals surface area (Å²) in [5, 5.41) is 6.96. The number of piperidine rings is 1. The maximum Gasteiger partial charge on any atom is 0.240 e. The Bertz CT molecular complexity index is 746. The van der Waals surface area contributed by atoms with E-state index in [2.05, 4.69) is 62.0 Å². The van der Waals surface area contributed by atoms with Crippen molar-refractivity contribution in [2.75, 3.05) is 18.4 Å². The van der Waals surface area contributed by atoms with Crippen molar-refractivity contribution >= 4 is 27.7 Å². The van der Waals surface area contributed by atoms with Crippen LogP contribution in [0.3, 0.4) is 0 Å². The minimum absolute atomic E-state index is 0.00418. The maximum atomic E-state index is 12.4. The molecule has 0 aliphatic carbocycles. The fraction of sp³-hybridized carbons (Fsp3) is 0.556. The van der Waals surface area contributed by atoms with Gasteiger partial charge in [0.25, 0.3) is 0 Å². The number of carbonyl (C=O) groups is 1. The summed E-state index contributed by atoms with van der Waals surface area (Å²) < 4.78 is 6.25. The van der Waals surface area contributed by atoms with Gasteiger partial charge in [-0.25, -0.2) is 4.98 Å². The lowest BCUT2D eigenvalue weighted by molar-refractivity contribution is -0.121. The van der Waals surface area contributed by atoms with Gasteiger partial charge in [0.05, 0.1) is 6.54 Å². The molecular formula is C18H24BrN5O2. The number of halogens is 1. The van der Waals surface area contributed by atoms with E-state index < -0.39 is 0 Å². The van der Waals surface area contributed by atoms with Crippen LogP contribution in [0.25, 0.3) is 0 Å². The van der Waals surface area contributed by atoms with Gasteiger partial charge in [0, 0.05) is 22.0 Å². The number of amides is 1. The highest BCUT2D eigenvalue weighted by Gasteiger charge is 2.27. The molecule has 1 N–H and O–H groups in total. The minimum Gasteiger partial charge on any atom is -0.338 e. The zero-order valence-electron chi connectivity index (χ0n) is 15.3. The van der Waals surface area contributed by atoms with Crippen LogP contribution in [0.15, 0.2) is 27.3 Å². The average Bonchev–Trinajstić information content (AvgIpc) is 3.06. The van der Waals surface area contributed by atoms with E-state index in [0.717, 1.165) is 36.2 Å². The highest BCUT2D eigenvalue weighted by Crippen LogP contribution is 2.22. The van der Waals surface area contributed by atoms with E-state index in [1.54, 1.807) is 12.3 Å². The molecule has 1 fully saturated rings. The van der Waals surface area contributed by atoms with Gasteiger partial charge < -0.3 is 9.84 Å². The quantitative estimate of drug-likeness (QED) is 0.814. The van der Waals surface area contributed by atoms with Crippen LogP contribution >= 0.6 is 15.9 Å². The maximum absolute atomic E-state index is 12.4. The van der Waals surface area contributed by atoms with Gasteiger partial charge in [-0.1, -0.05) is 25.9 Å². The molecule has 0 bridgehead atoms. The molecule has 3 rings (SSSR count). The second-order valence-electron chi connectivity index (χ2n) is 7.66. The SMILES string of the molecule is CC(C)(C)c1noc(CN2CCC(C(=O)Nc3ccc(Br)cn3)CC2)n1. The molecule has 2 aromatic heterocycles. The van der Waals surface area contributed by atoms with Gasteiger partial charge in [0.1, 0.15) is 5.82 Å². The molecular weight excluding hydrogens is 398 g/mol. The molecule has 3 heterocycles. The molecule has 0 saturated carbocycles. The van der Waals surface area contributed by atoms with Crippen molar-refractivity contribution in [1.29, 1.82) is 0 Å². The van der Waals surface area contributed by atoms with Crippen LogP contribution in [0.4, 0.5) is 5.82 Å². The van der Waals surface area contributed by atoms with Crippen LogP contribution in [0.2, 0.25) is 0 Å². The van der Waals surface area contributed by atoms with E-state index in [4.69, 9.17) is 4.52 Å². The van der Waals surface area contributed by atoms with Crippen LogP contribution in [-0.4, -0.2) is 39.0 Å². The number of likely N-dealkylation sites (tertiary alicyclic amines) is 1.